The van der Waals surface area contributed by atoms with Gasteiger partial charge in [0.15, 0.2) is 11.7 Å². The fraction of sp³-hybridized carbons (Fsp3) is 0.238. The van der Waals surface area contributed by atoms with Crippen LogP contribution >= 0.6 is 22.9 Å². The first-order valence-corrected chi connectivity index (χ1v) is 10.2. The van der Waals surface area contributed by atoms with Crippen molar-refractivity contribution in [3.05, 3.63) is 64.0 Å². The predicted molar refractivity (Wildman–Crippen MR) is 110 cm³/mol. The number of carbonyl (C=O) groups is 1. The molecule has 1 aliphatic rings. The highest BCUT2D eigenvalue weighted by Gasteiger charge is 2.13. The maximum atomic E-state index is 12.1. The van der Waals surface area contributed by atoms with E-state index in [0.29, 0.717) is 15.9 Å². The van der Waals surface area contributed by atoms with Gasteiger partial charge in [-0.2, -0.15) is 0 Å². The molecule has 0 fully saturated rings. The molecule has 1 heterocycles. The number of carbonyl (C=O) groups excluding carboxylic acids is 1. The number of nitrogens with zero attached hydrogens (tertiary/aromatic N) is 1. The summed E-state index contributed by atoms with van der Waals surface area (Å²) in [6.07, 6.45) is 4.83. The van der Waals surface area contributed by atoms with Crippen LogP contribution in [0.2, 0.25) is 5.02 Å². The molecule has 27 heavy (non-hydrogen) atoms. The van der Waals surface area contributed by atoms with Gasteiger partial charge in [0.2, 0.25) is 0 Å². The Kier molecular flexibility index (Phi) is 5.41. The van der Waals surface area contributed by atoms with Crippen LogP contribution in [-0.4, -0.2) is 17.5 Å². The average molecular weight is 399 g/mol. The average Bonchev–Trinajstić information content (AvgIpc) is 3.14. The highest BCUT2D eigenvalue weighted by molar-refractivity contribution is 7.14. The second-order valence-corrected chi connectivity index (χ2v) is 7.82. The fourth-order valence-corrected chi connectivity index (χ4v) is 4.13. The molecule has 4 rings (SSSR count). The topological polar surface area (TPSA) is 51.2 Å². The summed E-state index contributed by atoms with van der Waals surface area (Å²) >= 11 is 7.32. The molecule has 2 aromatic carbocycles. The minimum absolute atomic E-state index is 0.0892. The standard InChI is InChI=1S/C21H19ClN2O2S/c22-17-6-3-7-18(11-17)26-12-20(25)24-21-23-19(13-27-21)16-9-8-14-4-1-2-5-15(14)10-16/h3,6-11,13H,1-2,4-5,12H2,(H,23,24,25). The van der Waals surface area contributed by atoms with Gasteiger partial charge in [0.05, 0.1) is 5.69 Å². The summed E-state index contributed by atoms with van der Waals surface area (Å²) in [6, 6.07) is 13.5. The molecular weight excluding hydrogens is 380 g/mol. The monoisotopic (exact) mass is 398 g/mol. The summed E-state index contributed by atoms with van der Waals surface area (Å²) in [5, 5.41) is 5.90. The van der Waals surface area contributed by atoms with Gasteiger partial charge >= 0.3 is 0 Å². The zero-order chi connectivity index (χ0) is 18.6. The summed E-state index contributed by atoms with van der Waals surface area (Å²) in [4.78, 5) is 16.7. The van der Waals surface area contributed by atoms with E-state index in [4.69, 9.17) is 16.3 Å². The molecule has 6 heteroatoms. The SMILES string of the molecule is O=C(COc1cccc(Cl)c1)Nc1nc(-c2ccc3c(c2)CCCC3)cs1. The van der Waals surface area contributed by atoms with Crippen LogP contribution in [0.3, 0.4) is 0 Å². The van der Waals surface area contributed by atoms with Crippen LogP contribution in [0.5, 0.6) is 5.75 Å². The Morgan fingerprint density at radius 3 is 2.85 bits per heavy atom. The zero-order valence-electron chi connectivity index (χ0n) is 14.7. The highest BCUT2D eigenvalue weighted by Crippen LogP contribution is 2.29. The van der Waals surface area contributed by atoms with Gasteiger partial charge in [-0.25, -0.2) is 4.98 Å². The molecule has 0 atom stereocenters. The van der Waals surface area contributed by atoms with E-state index in [9.17, 15) is 4.79 Å². The molecule has 0 aliphatic heterocycles. The minimum atomic E-state index is -0.249. The molecule has 1 N–H and O–H groups in total. The van der Waals surface area contributed by atoms with Gasteiger partial charge < -0.3 is 4.74 Å². The number of hydrogen-bond donors (Lipinski definition) is 1. The van der Waals surface area contributed by atoms with Crippen LogP contribution in [0.25, 0.3) is 11.3 Å². The van der Waals surface area contributed by atoms with Crippen molar-refractivity contribution in [2.45, 2.75) is 25.7 Å². The molecule has 0 spiro atoms. The van der Waals surface area contributed by atoms with Crippen LogP contribution in [0.15, 0.2) is 47.8 Å². The molecular formula is C21H19ClN2O2S. The summed E-state index contributed by atoms with van der Waals surface area (Å²) in [5.74, 6) is 0.313. The van der Waals surface area contributed by atoms with E-state index in [1.165, 1.54) is 41.7 Å². The second kappa shape index (κ2) is 8.11. The number of nitrogens with one attached hydrogen (secondary N) is 1. The van der Waals surface area contributed by atoms with E-state index in [1.807, 2.05) is 5.38 Å². The third-order valence-corrected chi connectivity index (χ3v) is 5.55. The number of amides is 1. The Balaban J connectivity index is 1.38. The number of thiazole rings is 1. The van der Waals surface area contributed by atoms with Gasteiger partial charge in [-0.05, 0) is 61.1 Å². The van der Waals surface area contributed by atoms with Crippen LogP contribution in [0.4, 0.5) is 5.13 Å². The number of anilines is 1. The Morgan fingerprint density at radius 2 is 2.00 bits per heavy atom. The highest BCUT2D eigenvalue weighted by atomic mass is 35.5. The van der Waals surface area contributed by atoms with E-state index in [2.05, 4.69) is 28.5 Å². The van der Waals surface area contributed by atoms with Gasteiger partial charge in [0.1, 0.15) is 5.75 Å². The maximum absolute atomic E-state index is 12.1. The molecule has 0 unspecified atom stereocenters. The van der Waals surface area contributed by atoms with Crippen LogP contribution in [0.1, 0.15) is 24.0 Å². The molecule has 1 amide bonds. The normalized spacial score (nSPS) is 13.1. The van der Waals surface area contributed by atoms with Crippen molar-refractivity contribution < 1.29 is 9.53 Å². The van der Waals surface area contributed by atoms with Crippen molar-refractivity contribution in [2.75, 3.05) is 11.9 Å². The quantitative estimate of drug-likeness (QED) is 0.629. The van der Waals surface area contributed by atoms with E-state index in [0.717, 1.165) is 17.7 Å². The van der Waals surface area contributed by atoms with Crippen molar-refractivity contribution in [1.29, 1.82) is 0 Å². The molecule has 0 bridgehead atoms. The molecule has 0 saturated heterocycles. The molecule has 1 aromatic heterocycles. The number of halogens is 1. The van der Waals surface area contributed by atoms with E-state index in [-0.39, 0.29) is 12.5 Å². The number of fused-ring (bicyclic) bond motifs is 1. The van der Waals surface area contributed by atoms with Crippen LogP contribution in [0, 0.1) is 0 Å². The van der Waals surface area contributed by atoms with Gasteiger partial charge in [0, 0.05) is 16.0 Å². The molecule has 3 aromatic rings. The predicted octanol–water partition coefficient (Wildman–Crippen LogP) is 5.36. The minimum Gasteiger partial charge on any atom is -0.484 e. The first-order valence-electron chi connectivity index (χ1n) is 8.93. The maximum Gasteiger partial charge on any atom is 0.264 e. The Bertz CT molecular complexity index is 970. The summed E-state index contributed by atoms with van der Waals surface area (Å²) in [5.41, 5.74) is 4.86. The number of aromatic nitrogens is 1. The Morgan fingerprint density at radius 1 is 1.15 bits per heavy atom. The van der Waals surface area contributed by atoms with E-state index >= 15 is 0 Å². The Hall–Kier alpha value is -2.37. The van der Waals surface area contributed by atoms with Crippen molar-refractivity contribution in [1.82, 2.24) is 4.98 Å². The number of benzene rings is 2. The molecule has 0 radical (unpaired) electrons. The van der Waals surface area contributed by atoms with Crippen LogP contribution in [-0.2, 0) is 17.6 Å². The largest absolute Gasteiger partial charge is 0.484 e. The van der Waals surface area contributed by atoms with E-state index in [1.54, 1.807) is 24.3 Å². The third-order valence-electron chi connectivity index (χ3n) is 4.56. The van der Waals surface area contributed by atoms with Crippen molar-refractivity contribution in [3.63, 3.8) is 0 Å². The molecule has 4 nitrogen and oxygen atoms in total. The number of ether oxygens (including phenoxy) is 1. The van der Waals surface area contributed by atoms with Crippen LogP contribution < -0.4 is 10.1 Å². The van der Waals surface area contributed by atoms with Gasteiger partial charge in [-0.3, -0.25) is 10.1 Å². The number of hydrogen-bond acceptors (Lipinski definition) is 4. The summed E-state index contributed by atoms with van der Waals surface area (Å²) < 4.78 is 5.45. The van der Waals surface area contributed by atoms with Gasteiger partial charge in [-0.15, -0.1) is 11.3 Å². The van der Waals surface area contributed by atoms with Gasteiger partial charge in [-0.1, -0.05) is 29.8 Å². The van der Waals surface area contributed by atoms with Crippen molar-refractivity contribution in [2.24, 2.45) is 0 Å². The van der Waals surface area contributed by atoms with Crippen molar-refractivity contribution >= 4 is 34.0 Å². The van der Waals surface area contributed by atoms with E-state index < -0.39 is 0 Å². The molecule has 0 saturated carbocycles. The van der Waals surface area contributed by atoms with Gasteiger partial charge in [0.25, 0.3) is 5.91 Å². The molecule has 1 aliphatic carbocycles. The lowest BCUT2D eigenvalue weighted by Crippen LogP contribution is -2.20. The summed E-state index contributed by atoms with van der Waals surface area (Å²) in [6.45, 7) is -0.0892. The second-order valence-electron chi connectivity index (χ2n) is 6.52. The first-order chi connectivity index (χ1) is 13.2. The lowest BCUT2D eigenvalue weighted by Gasteiger charge is -2.16. The lowest BCUT2D eigenvalue weighted by atomic mass is 9.90. The lowest BCUT2D eigenvalue weighted by molar-refractivity contribution is -0.118. The zero-order valence-corrected chi connectivity index (χ0v) is 16.3. The first kappa shape index (κ1) is 18.0. The Labute approximate surface area is 167 Å². The smallest absolute Gasteiger partial charge is 0.264 e. The summed E-state index contributed by atoms with van der Waals surface area (Å²) in [7, 11) is 0. The molecule has 138 valence electrons. The number of aryl methyl sites for hydroxylation is 2. The number of rotatable bonds is 5. The van der Waals surface area contributed by atoms with Crippen molar-refractivity contribution in [3.8, 4) is 17.0 Å². The third kappa shape index (κ3) is 4.49. The fourth-order valence-electron chi connectivity index (χ4n) is 3.22.